The Hall–Kier alpha value is -3.39. The summed E-state index contributed by atoms with van der Waals surface area (Å²) in [6.45, 7) is 10.5. The van der Waals surface area contributed by atoms with Gasteiger partial charge >= 0.3 is 6.09 Å². The Morgan fingerprint density at radius 1 is 1.06 bits per heavy atom. The molecule has 8 heteroatoms. The van der Waals surface area contributed by atoms with Crippen molar-refractivity contribution in [3.63, 3.8) is 0 Å². The molecule has 0 aliphatic carbocycles. The summed E-state index contributed by atoms with van der Waals surface area (Å²) in [4.78, 5) is 42.5. The monoisotopic (exact) mass is 494 g/mol. The van der Waals surface area contributed by atoms with Crippen molar-refractivity contribution in [1.29, 1.82) is 0 Å². The van der Waals surface area contributed by atoms with Crippen LogP contribution in [0.3, 0.4) is 0 Å². The molecular weight excluding hydrogens is 456 g/mol. The van der Waals surface area contributed by atoms with Gasteiger partial charge in [-0.2, -0.15) is 0 Å². The minimum Gasteiger partial charge on any atom is -0.465 e. The van der Waals surface area contributed by atoms with Crippen LogP contribution in [-0.4, -0.2) is 71.6 Å². The molecular formula is C28H38N4O4. The molecule has 2 atom stereocenters. The maximum Gasteiger partial charge on any atom is 0.408 e. The van der Waals surface area contributed by atoms with E-state index in [9.17, 15) is 19.5 Å². The average molecular weight is 495 g/mol. The van der Waals surface area contributed by atoms with Crippen molar-refractivity contribution >= 4 is 23.6 Å². The molecule has 0 aromatic heterocycles. The second-order valence-corrected chi connectivity index (χ2v) is 10.7. The molecule has 0 bridgehead atoms. The highest BCUT2D eigenvalue weighted by Crippen LogP contribution is 2.44. The Kier molecular flexibility index (Phi) is 8.09. The van der Waals surface area contributed by atoms with Crippen molar-refractivity contribution < 1.29 is 19.5 Å². The van der Waals surface area contributed by atoms with Crippen LogP contribution >= 0.6 is 0 Å². The first-order chi connectivity index (χ1) is 16.8. The van der Waals surface area contributed by atoms with Gasteiger partial charge in [-0.3, -0.25) is 14.5 Å². The van der Waals surface area contributed by atoms with Crippen LogP contribution in [0.15, 0.2) is 42.5 Å². The van der Waals surface area contributed by atoms with Crippen molar-refractivity contribution in [2.45, 2.75) is 58.7 Å². The van der Waals surface area contributed by atoms with E-state index < -0.39 is 17.7 Å². The third-order valence-corrected chi connectivity index (χ3v) is 6.56. The number of carbonyl (C=O) groups is 3. The van der Waals surface area contributed by atoms with Crippen LogP contribution in [-0.2, 0) is 4.79 Å². The first-order valence-electron chi connectivity index (χ1n) is 12.3. The number of benzene rings is 2. The number of fused-ring (bicyclic) bond motifs is 1. The van der Waals surface area contributed by atoms with E-state index in [-0.39, 0.29) is 17.9 Å². The Labute approximate surface area is 213 Å². The SMILES string of the molecule is CC(=O)N1c2ccc(-c3ccc(C(=O)NCCN(C)C)cc3)cc2[C@H](N(C(=O)O)C(C)(C)C)C[C@@H]1C. The van der Waals surface area contributed by atoms with Gasteiger partial charge in [0.25, 0.3) is 5.91 Å². The van der Waals surface area contributed by atoms with Crippen molar-refractivity contribution in [1.82, 2.24) is 15.1 Å². The molecule has 0 fully saturated rings. The summed E-state index contributed by atoms with van der Waals surface area (Å²) in [6, 6.07) is 12.7. The van der Waals surface area contributed by atoms with Gasteiger partial charge < -0.3 is 20.2 Å². The highest BCUT2D eigenvalue weighted by molar-refractivity contribution is 5.95. The Balaban J connectivity index is 1.99. The van der Waals surface area contributed by atoms with Crippen LogP contribution in [0.2, 0.25) is 0 Å². The molecule has 2 aromatic carbocycles. The number of hydrogen-bond donors (Lipinski definition) is 2. The van der Waals surface area contributed by atoms with E-state index in [0.29, 0.717) is 18.5 Å². The lowest BCUT2D eigenvalue weighted by atomic mass is 9.86. The molecule has 194 valence electrons. The average Bonchev–Trinajstić information content (AvgIpc) is 2.77. The molecule has 2 aromatic rings. The second kappa shape index (κ2) is 10.7. The minimum absolute atomic E-state index is 0.0720. The fraction of sp³-hybridized carbons (Fsp3) is 0.464. The molecule has 0 radical (unpaired) electrons. The van der Waals surface area contributed by atoms with Crippen molar-refractivity contribution in [2.24, 2.45) is 0 Å². The fourth-order valence-electron chi connectivity index (χ4n) is 4.93. The molecule has 2 N–H and O–H groups in total. The largest absolute Gasteiger partial charge is 0.465 e. The maximum absolute atomic E-state index is 12.5. The van der Waals surface area contributed by atoms with Gasteiger partial charge in [-0.05, 0) is 89.2 Å². The van der Waals surface area contributed by atoms with Crippen LogP contribution in [0.25, 0.3) is 11.1 Å². The third kappa shape index (κ3) is 5.87. The van der Waals surface area contributed by atoms with Gasteiger partial charge in [0.2, 0.25) is 5.91 Å². The molecule has 8 nitrogen and oxygen atoms in total. The van der Waals surface area contributed by atoms with Gasteiger partial charge in [-0.15, -0.1) is 0 Å². The number of nitrogens with zero attached hydrogens (tertiary/aromatic N) is 3. The molecule has 3 amide bonds. The summed E-state index contributed by atoms with van der Waals surface area (Å²) >= 11 is 0. The van der Waals surface area contributed by atoms with Crippen molar-refractivity contribution in [3.05, 3.63) is 53.6 Å². The predicted octanol–water partition coefficient (Wildman–Crippen LogP) is 4.61. The van der Waals surface area contributed by atoms with E-state index in [4.69, 9.17) is 0 Å². The Morgan fingerprint density at radius 3 is 2.19 bits per heavy atom. The van der Waals surface area contributed by atoms with Crippen LogP contribution in [0.1, 0.15) is 63.0 Å². The number of amides is 3. The highest BCUT2D eigenvalue weighted by Gasteiger charge is 2.41. The summed E-state index contributed by atoms with van der Waals surface area (Å²) < 4.78 is 0. The van der Waals surface area contributed by atoms with Crippen molar-refractivity contribution in [3.8, 4) is 11.1 Å². The quantitative estimate of drug-likeness (QED) is 0.612. The molecule has 3 rings (SSSR count). The van der Waals surface area contributed by atoms with Crippen LogP contribution in [0.5, 0.6) is 0 Å². The van der Waals surface area contributed by atoms with Crippen molar-refractivity contribution in [2.75, 3.05) is 32.1 Å². The zero-order valence-corrected chi connectivity index (χ0v) is 22.3. The minimum atomic E-state index is -0.989. The van der Waals surface area contributed by atoms with Crippen LogP contribution < -0.4 is 10.2 Å². The first kappa shape index (κ1) is 27.2. The number of anilines is 1. The summed E-state index contributed by atoms with van der Waals surface area (Å²) in [6.07, 6.45) is -0.483. The summed E-state index contributed by atoms with van der Waals surface area (Å²) in [5.41, 5.74) is 3.31. The number of likely N-dealkylation sites (N-methyl/N-ethyl adjacent to an activating group) is 1. The molecule has 0 saturated carbocycles. The highest BCUT2D eigenvalue weighted by atomic mass is 16.4. The van der Waals surface area contributed by atoms with E-state index in [2.05, 4.69) is 5.32 Å². The molecule has 1 heterocycles. The lowest BCUT2D eigenvalue weighted by Gasteiger charge is -2.46. The van der Waals surface area contributed by atoms with Gasteiger partial charge in [-0.1, -0.05) is 18.2 Å². The third-order valence-electron chi connectivity index (χ3n) is 6.56. The van der Waals surface area contributed by atoms with E-state index >= 15 is 0 Å². The number of hydrogen-bond acceptors (Lipinski definition) is 4. The summed E-state index contributed by atoms with van der Waals surface area (Å²) in [5, 5.41) is 13.0. The number of carboxylic acid groups (broad SMARTS) is 1. The lowest BCUT2D eigenvalue weighted by Crippen LogP contribution is -2.52. The van der Waals surface area contributed by atoms with E-state index in [0.717, 1.165) is 28.9 Å². The Morgan fingerprint density at radius 2 is 1.67 bits per heavy atom. The van der Waals surface area contributed by atoms with Gasteiger partial charge in [0.1, 0.15) is 0 Å². The Bertz CT molecular complexity index is 1120. The smallest absolute Gasteiger partial charge is 0.408 e. The molecule has 0 spiro atoms. The van der Waals surface area contributed by atoms with E-state index in [1.807, 2.05) is 77.0 Å². The van der Waals surface area contributed by atoms with Gasteiger partial charge in [0.15, 0.2) is 0 Å². The maximum atomic E-state index is 12.5. The normalized spacial score (nSPS) is 17.5. The molecule has 1 aliphatic heterocycles. The van der Waals surface area contributed by atoms with Gasteiger partial charge in [-0.25, -0.2) is 4.79 Å². The van der Waals surface area contributed by atoms with Crippen LogP contribution in [0, 0.1) is 0 Å². The number of carbonyl (C=O) groups excluding carboxylic acids is 2. The summed E-state index contributed by atoms with van der Waals surface area (Å²) in [5.74, 6) is -0.195. The first-order valence-corrected chi connectivity index (χ1v) is 12.3. The van der Waals surface area contributed by atoms with Gasteiger partial charge in [0.05, 0.1) is 6.04 Å². The standard InChI is InChI=1S/C28H38N4O4/c1-18-16-25(32(27(35)36)28(3,4)5)23-17-22(12-13-24(23)31(18)19(2)33)20-8-10-21(11-9-20)26(34)29-14-15-30(6)7/h8-13,17-18,25H,14-16H2,1-7H3,(H,29,34)(H,35,36)/t18-,25+/m0/s1. The molecule has 1 aliphatic rings. The van der Waals surface area contributed by atoms with Crippen LogP contribution in [0.4, 0.5) is 10.5 Å². The number of rotatable bonds is 6. The molecule has 36 heavy (non-hydrogen) atoms. The zero-order valence-electron chi connectivity index (χ0n) is 22.3. The van der Waals surface area contributed by atoms with Gasteiger partial charge in [0, 0.05) is 42.8 Å². The molecule has 0 saturated heterocycles. The zero-order chi connectivity index (χ0) is 26.8. The topological polar surface area (TPSA) is 93.2 Å². The second-order valence-electron chi connectivity index (χ2n) is 10.7. The molecule has 0 unspecified atom stereocenters. The van der Waals surface area contributed by atoms with E-state index in [1.165, 1.54) is 11.8 Å². The summed E-state index contributed by atoms with van der Waals surface area (Å²) in [7, 11) is 3.91. The van der Waals surface area contributed by atoms with E-state index in [1.54, 1.807) is 17.0 Å². The fourth-order valence-corrected chi connectivity index (χ4v) is 4.93. The number of nitrogens with one attached hydrogen (secondary N) is 1. The lowest BCUT2D eigenvalue weighted by molar-refractivity contribution is -0.117. The predicted molar refractivity (Wildman–Crippen MR) is 142 cm³/mol.